The molecule has 0 heterocycles. The van der Waals surface area contributed by atoms with Crippen LogP contribution in [-0.2, 0) is 16.1 Å². The highest BCUT2D eigenvalue weighted by Crippen LogP contribution is 2.22. The van der Waals surface area contributed by atoms with Gasteiger partial charge in [0, 0.05) is 16.6 Å². The van der Waals surface area contributed by atoms with E-state index in [-0.39, 0.29) is 6.54 Å². The van der Waals surface area contributed by atoms with Gasteiger partial charge in [0.1, 0.15) is 5.75 Å². The zero-order valence-electron chi connectivity index (χ0n) is 9.64. The molecule has 1 amide bonds. The van der Waals surface area contributed by atoms with Crippen molar-refractivity contribution in [1.29, 1.82) is 0 Å². The summed E-state index contributed by atoms with van der Waals surface area (Å²) < 4.78 is 5.95. The average molecular weight is 317 g/mol. The lowest BCUT2D eigenvalue weighted by Gasteiger charge is -2.11. The Hall–Kier alpha value is -1.60. The molecule has 6 nitrogen and oxygen atoms in total. The number of amides is 1. The van der Waals surface area contributed by atoms with E-state index in [4.69, 9.17) is 15.6 Å². The van der Waals surface area contributed by atoms with Crippen molar-refractivity contribution >= 4 is 27.8 Å². The van der Waals surface area contributed by atoms with Crippen LogP contribution in [0.1, 0.15) is 5.56 Å². The number of hydrogen-bond acceptors (Lipinski definition) is 4. The summed E-state index contributed by atoms with van der Waals surface area (Å²) in [6.07, 6.45) is 0. The van der Waals surface area contributed by atoms with Crippen LogP contribution < -0.4 is 15.8 Å². The summed E-state index contributed by atoms with van der Waals surface area (Å²) in [5.41, 5.74) is 5.89. The molecule has 0 aromatic heterocycles. The number of nitrogens with two attached hydrogens (primary N) is 1. The van der Waals surface area contributed by atoms with Gasteiger partial charge in [0.05, 0.1) is 7.11 Å². The van der Waals surface area contributed by atoms with E-state index in [9.17, 15) is 9.59 Å². The van der Waals surface area contributed by atoms with Crippen molar-refractivity contribution in [3.63, 3.8) is 0 Å². The Morgan fingerprint density at radius 2 is 2.22 bits per heavy atom. The van der Waals surface area contributed by atoms with E-state index >= 15 is 0 Å². The summed E-state index contributed by atoms with van der Waals surface area (Å²) >= 11 is 3.30. The standard InChI is InChI=1S/C11H13BrN2O4/c1-18-8-3-2-7(12)4-6(8)5-14-10(15)9(13)11(16)17/h2-4,9H,5,13H2,1H3,(H,14,15)(H,16,17). The van der Waals surface area contributed by atoms with Gasteiger partial charge in [0.25, 0.3) is 0 Å². The zero-order chi connectivity index (χ0) is 13.7. The summed E-state index contributed by atoms with van der Waals surface area (Å²) in [5.74, 6) is -1.51. The fourth-order valence-corrected chi connectivity index (χ4v) is 1.70. The normalized spacial score (nSPS) is 11.7. The number of benzene rings is 1. The molecule has 0 aliphatic carbocycles. The van der Waals surface area contributed by atoms with Crippen molar-refractivity contribution in [3.8, 4) is 5.75 Å². The lowest BCUT2D eigenvalue weighted by molar-refractivity contribution is -0.142. The van der Waals surface area contributed by atoms with E-state index in [1.165, 1.54) is 7.11 Å². The van der Waals surface area contributed by atoms with Gasteiger partial charge in [0.15, 0.2) is 6.04 Å². The van der Waals surface area contributed by atoms with Crippen molar-refractivity contribution in [3.05, 3.63) is 28.2 Å². The van der Waals surface area contributed by atoms with Crippen molar-refractivity contribution in [2.45, 2.75) is 12.6 Å². The number of nitrogens with one attached hydrogen (secondary N) is 1. The number of methoxy groups -OCH3 is 1. The number of carbonyl (C=O) groups excluding carboxylic acids is 1. The minimum Gasteiger partial charge on any atom is -0.496 e. The highest BCUT2D eigenvalue weighted by molar-refractivity contribution is 9.10. The number of aliphatic carboxylic acids is 1. The zero-order valence-corrected chi connectivity index (χ0v) is 11.2. The number of halogens is 1. The maximum atomic E-state index is 11.4. The van der Waals surface area contributed by atoms with Crippen LogP contribution in [0.3, 0.4) is 0 Å². The molecule has 0 saturated carbocycles. The van der Waals surface area contributed by atoms with Gasteiger partial charge in [0.2, 0.25) is 5.91 Å². The number of ether oxygens (including phenoxy) is 1. The summed E-state index contributed by atoms with van der Waals surface area (Å²) in [6, 6.07) is 3.74. The van der Waals surface area contributed by atoms with Crippen molar-refractivity contribution in [1.82, 2.24) is 5.32 Å². The summed E-state index contributed by atoms with van der Waals surface area (Å²) in [7, 11) is 1.51. The van der Waals surface area contributed by atoms with E-state index in [1.54, 1.807) is 18.2 Å². The first-order chi connectivity index (χ1) is 8.45. The van der Waals surface area contributed by atoms with E-state index in [0.717, 1.165) is 10.0 Å². The Morgan fingerprint density at radius 1 is 1.56 bits per heavy atom. The molecule has 98 valence electrons. The minimum absolute atomic E-state index is 0.141. The first-order valence-corrected chi connectivity index (χ1v) is 5.83. The number of carboxylic acid groups (broad SMARTS) is 1. The maximum Gasteiger partial charge on any atom is 0.330 e. The fraction of sp³-hybridized carbons (Fsp3) is 0.273. The molecule has 4 N–H and O–H groups in total. The lowest BCUT2D eigenvalue weighted by atomic mass is 10.2. The molecule has 0 aliphatic rings. The van der Waals surface area contributed by atoms with Gasteiger partial charge in [-0.25, -0.2) is 4.79 Å². The molecule has 0 bridgehead atoms. The SMILES string of the molecule is COc1ccc(Br)cc1CNC(=O)C(N)C(=O)O. The second-order valence-corrected chi connectivity index (χ2v) is 4.41. The van der Waals surface area contributed by atoms with Gasteiger partial charge in [-0.1, -0.05) is 15.9 Å². The van der Waals surface area contributed by atoms with E-state index in [1.807, 2.05) is 0 Å². The Kier molecular flexibility index (Phi) is 5.11. The van der Waals surface area contributed by atoms with Gasteiger partial charge in [-0.3, -0.25) is 4.79 Å². The van der Waals surface area contributed by atoms with Crippen LogP contribution in [0.4, 0.5) is 0 Å². The van der Waals surface area contributed by atoms with Crippen LogP contribution in [0.25, 0.3) is 0 Å². The van der Waals surface area contributed by atoms with Crippen LogP contribution in [0.2, 0.25) is 0 Å². The third kappa shape index (κ3) is 3.71. The summed E-state index contributed by atoms with van der Waals surface area (Å²) in [4.78, 5) is 21.9. The number of carbonyl (C=O) groups is 2. The lowest BCUT2D eigenvalue weighted by Crippen LogP contribution is -2.45. The molecular weight excluding hydrogens is 304 g/mol. The molecule has 0 aliphatic heterocycles. The van der Waals surface area contributed by atoms with Crippen molar-refractivity contribution in [2.24, 2.45) is 5.73 Å². The van der Waals surface area contributed by atoms with Gasteiger partial charge in [-0.05, 0) is 18.2 Å². The van der Waals surface area contributed by atoms with Crippen LogP contribution in [0.5, 0.6) is 5.75 Å². The molecule has 0 saturated heterocycles. The third-order valence-electron chi connectivity index (χ3n) is 2.24. The predicted octanol–water partition coefficient (Wildman–Crippen LogP) is 0.486. The van der Waals surface area contributed by atoms with Gasteiger partial charge < -0.3 is 20.9 Å². The quantitative estimate of drug-likeness (QED) is 0.686. The van der Waals surface area contributed by atoms with Crippen LogP contribution in [0, 0.1) is 0 Å². The van der Waals surface area contributed by atoms with Crippen LogP contribution in [0.15, 0.2) is 22.7 Å². The van der Waals surface area contributed by atoms with Gasteiger partial charge in [-0.15, -0.1) is 0 Å². The highest BCUT2D eigenvalue weighted by Gasteiger charge is 2.20. The van der Waals surface area contributed by atoms with Crippen molar-refractivity contribution < 1.29 is 19.4 Å². The largest absolute Gasteiger partial charge is 0.496 e. The molecule has 1 aromatic rings. The van der Waals surface area contributed by atoms with E-state index in [0.29, 0.717) is 5.75 Å². The number of hydrogen-bond donors (Lipinski definition) is 3. The van der Waals surface area contributed by atoms with Gasteiger partial charge in [-0.2, -0.15) is 0 Å². The molecule has 0 fully saturated rings. The summed E-state index contributed by atoms with van der Waals surface area (Å²) in [6.45, 7) is 0.141. The number of carboxylic acids is 1. The van der Waals surface area contributed by atoms with Crippen molar-refractivity contribution in [2.75, 3.05) is 7.11 Å². The summed E-state index contributed by atoms with van der Waals surface area (Å²) in [5, 5.41) is 11.0. The minimum atomic E-state index is -1.57. The van der Waals surface area contributed by atoms with E-state index in [2.05, 4.69) is 21.2 Å². The second-order valence-electron chi connectivity index (χ2n) is 3.49. The van der Waals surface area contributed by atoms with E-state index < -0.39 is 17.9 Å². The first kappa shape index (κ1) is 14.5. The van der Waals surface area contributed by atoms with Crippen LogP contribution >= 0.6 is 15.9 Å². The Bertz CT molecular complexity index is 464. The molecule has 0 spiro atoms. The monoisotopic (exact) mass is 316 g/mol. The molecule has 7 heteroatoms. The Morgan fingerprint density at radius 3 is 2.78 bits per heavy atom. The third-order valence-corrected chi connectivity index (χ3v) is 2.74. The molecule has 1 rings (SSSR count). The smallest absolute Gasteiger partial charge is 0.330 e. The fourth-order valence-electron chi connectivity index (χ4n) is 1.29. The maximum absolute atomic E-state index is 11.4. The molecule has 1 aromatic carbocycles. The second kappa shape index (κ2) is 6.36. The average Bonchev–Trinajstić information content (AvgIpc) is 2.35. The highest BCUT2D eigenvalue weighted by atomic mass is 79.9. The first-order valence-electron chi connectivity index (χ1n) is 5.04. The topological polar surface area (TPSA) is 102 Å². The molecular formula is C11H13BrN2O4. The van der Waals surface area contributed by atoms with Gasteiger partial charge >= 0.3 is 5.97 Å². The molecule has 0 radical (unpaired) electrons. The Labute approximate surface area is 112 Å². The molecule has 18 heavy (non-hydrogen) atoms. The number of rotatable bonds is 5. The molecule has 1 unspecified atom stereocenters. The predicted molar refractivity (Wildman–Crippen MR) is 68.2 cm³/mol. The Balaban J connectivity index is 2.71. The van der Waals surface area contributed by atoms with Crippen LogP contribution in [-0.4, -0.2) is 30.1 Å². The molecule has 1 atom stereocenters.